The fourth-order valence-electron chi connectivity index (χ4n) is 0. The van der Waals surface area contributed by atoms with E-state index >= 15 is 0 Å². The van der Waals surface area contributed by atoms with Crippen molar-refractivity contribution >= 4 is 10.4 Å². The van der Waals surface area contributed by atoms with Gasteiger partial charge in [-0.2, -0.15) is 0 Å². The van der Waals surface area contributed by atoms with Gasteiger partial charge < -0.3 is 13.8 Å². The standard InChI is InChI=1S/FH.Hf.H2O4S/c;;1-5(2,3)4/h1H;;(H2,1,2,3,4)/p-3. The summed E-state index contributed by atoms with van der Waals surface area (Å²) in [5.74, 6) is 0. The monoisotopic (exact) mass is 295 g/mol. The third kappa shape index (κ3) is 324. The molecule has 0 saturated heterocycles. The van der Waals surface area contributed by atoms with Crippen molar-refractivity contribution in [3.05, 3.63) is 0 Å². The maximum Gasteiger partial charge on any atom is 0.0311 e. The van der Waals surface area contributed by atoms with Crippen molar-refractivity contribution in [1.82, 2.24) is 0 Å². The third-order valence-corrected chi connectivity index (χ3v) is 0. The van der Waals surface area contributed by atoms with Crippen LogP contribution >= 0.6 is 0 Å². The Hall–Kier alpha value is 0.670. The van der Waals surface area contributed by atoms with E-state index in [1.165, 1.54) is 0 Å². The van der Waals surface area contributed by atoms with Crippen molar-refractivity contribution in [2.24, 2.45) is 0 Å². The second-order valence-electron chi connectivity index (χ2n) is 0.408. The van der Waals surface area contributed by atoms with Crippen LogP contribution in [0.25, 0.3) is 0 Å². The molecule has 0 aliphatic rings. The summed E-state index contributed by atoms with van der Waals surface area (Å²) in [6.45, 7) is 0. The van der Waals surface area contributed by atoms with E-state index in [9.17, 15) is 0 Å². The molecule has 0 amide bonds. The minimum absolute atomic E-state index is 0. The minimum atomic E-state index is -5.17. The van der Waals surface area contributed by atoms with Crippen LogP contribution in [0.15, 0.2) is 0 Å². The molecule has 0 spiro atoms. The van der Waals surface area contributed by atoms with E-state index < -0.39 is 10.4 Å². The fraction of sp³-hybridized carbons (Fsp3) is 0. The van der Waals surface area contributed by atoms with Gasteiger partial charge in [0.15, 0.2) is 0 Å². The Labute approximate surface area is 58.6 Å². The van der Waals surface area contributed by atoms with E-state index in [1.54, 1.807) is 0 Å². The molecule has 7 heavy (non-hydrogen) atoms. The molecule has 7 heteroatoms. The molecule has 0 rings (SSSR count). The quantitative estimate of drug-likeness (QED) is 0.257. The van der Waals surface area contributed by atoms with Gasteiger partial charge in [-0.3, -0.25) is 8.42 Å². The van der Waals surface area contributed by atoms with Crippen LogP contribution in [0.2, 0.25) is 0 Å². The van der Waals surface area contributed by atoms with Gasteiger partial charge in [0.2, 0.25) is 0 Å². The summed E-state index contributed by atoms with van der Waals surface area (Å²) >= 11 is 0. The Morgan fingerprint density at radius 3 is 1.14 bits per heavy atom. The summed E-state index contributed by atoms with van der Waals surface area (Å²) in [4.78, 5) is 0. The van der Waals surface area contributed by atoms with Gasteiger partial charge in [-0.25, -0.2) is 0 Å². The van der Waals surface area contributed by atoms with Gasteiger partial charge in [0.25, 0.3) is 0 Å². The van der Waals surface area contributed by atoms with Crippen LogP contribution in [0, 0.1) is 0 Å². The molecule has 0 N–H and O–H groups in total. The summed E-state index contributed by atoms with van der Waals surface area (Å²) < 4.78 is 34.1. The number of halogens is 1. The topological polar surface area (TPSA) is 80.3 Å². The molecule has 0 aliphatic carbocycles. The number of rotatable bonds is 0. The largest absolute Gasteiger partial charge is 1.00 e. The maximum absolute atomic E-state index is 8.52. The smallest absolute Gasteiger partial charge is 0.0311 e. The normalized spacial score (nSPS) is 8.29. The zero-order valence-corrected chi connectivity index (χ0v) is 7.33. The number of hydrogen-bond acceptors (Lipinski definition) is 4. The second kappa shape index (κ2) is 4.82. The molecule has 0 aromatic rings. The van der Waals surface area contributed by atoms with Gasteiger partial charge in [-0.05, 0) is 0 Å². The Morgan fingerprint density at radius 1 is 1.14 bits per heavy atom. The van der Waals surface area contributed by atoms with Crippen molar-refractivity contribution in [2.75, 3.05) is 0 Å². The maximum atomic E-state index is 8.52. The predicted molar refractivity (Wildman–Crippen MR) is 10.5 cm³/mol. The Bertz CT molecular complexity index is 94.9. The van der Waals surface area contributed by atoms with Gasteiger partial charge in [-0.15, -0.1) is 0 Å². The molecule has 0 bridgehead atoms. The molecule has 0 aromatic carbocycles. The van der Waals surface area contributed by atoms with Crippen LogP contribution in [-0.4, -0.2) is 17.5 Å². The van der Waals surface area contributed by atoms with Gasteiger partial charge in [-0.1, -0.05) is 0 Å². The Balaban J connectivity index is -0.0000000800. The van der Waals surface area contributed by atoms with E-state index in [2.05, 4.69) is 0 Å². The Morgan fingerprint density at radius 2 is 1.14 bits per heavy atom. The first-order chi connectivity index (χ1) is 2.00. The summed E-state index contributed by atoms with van der Waals surface area (Å²) in [6.07, 6.45) is 0. The molecule has 0 heterocycles. The minimum Gasteiger partial charge on any atom is -1.00 e. The van der Waals surface area contributed by atoms with E-state index in [-0.39, 0.29) is 30.5 Å². The van der Waals surface area contributed by atoms with Gasteiger partial charge >= 0.3 is 0 Å². The Kier molecular flexibility index (Phi) is 10.8. The predicted octanol–water partition coefficient (Wildman–Crippen LogP) is -4.34. The van der Waals surface area contributed by atoms with Gasteiger partial charge in [0, 0.05) is 36.2 Å². The van der Waals surface area contributed by atoms with Crippen LogP contribution in [0.5, 0.6) is 0 Å². The molecular weight excluding hydrogens is 294 g/mol. The first-order valence-corrected chi connectivity index (χ1v) is 2.00. The van der Waals surface area contributed by atoms with E-state index in [0.29, 0.717) is 0 Å². The molecule has 0 fully saturated rings. The van der Waals surface area contributed by atoms with Crippen molar-refractivity contribution in [3.8, 4) is 0 Å². The zero-order chi connectivity index (χ0) is 4.50. The number of hydrogen-bond donors (Lipinski definition) is 0. The summed E-state index contributed by atoms with van der Waals surface area (Å²) in [5.41, 5.74) is 0. The molecule has 4 nitrogen and oxygen atoms in total. The molecule has 0 aliphatic heterocycles. The van der Waals surface area contributed by atoms with Gasteiger partial charge in [0.1, 0.15) is 0 Å². The van der Waals surface area contributed by atoms with Crippen LogP contribution < -0.4 is 4.70 Å². The SMILES string of the molecule is O=S(=O)([O-])[O-].[F-].[Hf]. The molecule has 0 aromatic heterocycles. The molecule has 0 atom stereocenters. The third-order valence-electron chi connectivity index (χ3n) is 0. The summed E-state index contributed by atoms with van der Waals surface area (Å²) in [6, 6.07) is 0. The van der Waals surface area contributed by atoms with Gasteiger partial charge in [0.05, 0.1) is 0 Å². The molecular formula is FHfO4S-3. The van der Waals surface area contributed by atoms with Crippen molar-refractivity contribution < 1.29 is 48.1 Å². The molecule has 0 saturated carbocycles. The van der Waals surface area contributed by atoms with Crippen LogP contribution in [0.4, 0.5) is 0 Å². The van der Waals surface area contributed by atoms with E-state index in [0.717, 1.165) is 0 Å². The van der Waals surface area contributed by atoms with Crippen LogP contribution in [-0.2, 0) is 36.2 Å². The summed E-state index contributed by atoms with van der Waals surface area (Å²) in [5, 5.41) is 0. The average Bonchev–Trinajstić information content (AvgIpc) is 0.722. The first kappa shape index (κ1) is 15.6. The molecule has 0 unspecified atom stereocenters. The molecule has 44 valence electrons. The van der Waals surface area contributed by atoms with Crippen molar-refractivity contribution in [1.29, 1.82) is 0 Å². The van der Waals surface area contributed by atoms with Crippen LogP contribution in [0.3, 0.4) is 0 Å². The van der Waals surface area contributed by atoms with E-state index in [1.807, 2.05) is 0 Å². The first-order valence-electron chi connectivity index (χ1n) is 0.667. The second-order valence-corrected chi connectivity index (χ2v) is 1.22. The fourth-order valence-corrected chi connectivity index (χ4v) is 0. The zero-order valence-electron chi connectivity index (χ0n) is 2.92. The summed E-state index contributed by atoms with van der Waals surface area (Å²) in [7, 11) is -5.17. The van der Waals surface area contributed by atoms with Crippen LogP contribution in [0.1, 0.15) is 0 Å². The van der Waals surface area contributed by atoms with Crippen molar-refractivity contribution in [3.63, 3.8) is 0 Å². The van der Waals surface area contributed by atoms with E-state index in [4.69, 9.17) is 17.5 Å². The van der Waals surface area contributed by atoms with Crippen molar-refractivity contribution in [2.45, 2.75) is 0 Å². The average molecular weight is 294 g/mol. The molecule has 0 radical (unpaired) electrons.